The van der Waals surface area contributed by atoms with Crippen LogP contribution in [-0.4, -0.2) is 36.6 Å². The molecule has 0 aliphatic carbocycles. The molecule has 0 bridgehead atoms. The number of rotatable bonds is 8. The first kappa shape index (κ1) is 20.2. The van der Waals surface area contributed by atoms with E-state index in [0.717, 1.165) is 5.01 Å². The highest BCUT2D eigenvalue weighted by Gasteiger charge is 2.19. The van der Waals surface area contributed by atoms with Gasteiger partial charge in [-0.1, -0.05) is 23.1 Å². The fourth-order valence-corrected chi connectivity index (χ4v) is 3.82. The molecule has 28 heavy (non-hydrogen) atoms. The Bertz CT molecular complexity index is 944. The number of carbonyl (C=O) groups excluding carboxylic acids is 1. The fourth-order valence-electron chi connectivity index (χ4n) is 2.41. The number of thioether (sulfide) groups is 1. The number of benzene rings is 1. The first-order valence-electron chi connectivity index (χ1n) is 8.54. The highest BCUT2D eigenvalue weighted by molar-refractivity contribution is 7.99. The van der Waals surface area contributed by atoms with Crippen molar-refractivity contribution in [3.05, 3.63) is 40.9 Å². The van der Waals surface area contributed by atoms with Crippen molar-refractivity contribution < 1.29 is 13.9 Å². The van der Waals surface area contributed by atoms with Crippen LogP contribution in [0.1, 0.15) is 30.8 Å². The van der Waals surface area contributed by atoms with Crippen molar-refractivity contribution in [1.29, 1.82) is 0 Å². The first-order chi connectivity index (χ1) is 13.5. The van der Waals surface area contributed by atoms with Crippen LogP contribution in [0, 0.1) is 12.7 Å². The quantitative estimate of drug-likeness (QED) is 0.556. The van der Waals surface area contributed by atoms with Gasteiger partial charge in [0.2, 0.25) is 11.0 Å². The van der Waals surface area contributed by atoms with E-state index >= 15 is 0 Å². The number of halogens is 1. The lowest BCUT2D eigenvalue weighted by Gasteiger charge is -2.15. The maximum absolute atomic E-state index is 13.0. The van der Waals surface area contributed by atoms with Gasteiger partial charge in [-0.3, -0.25) is 10.1 Å². The van der Waals surface area contributed by atoms with Crippen LogP contribution in [0.4, 0.5) is 9.52 Å². The van der Waals surface area contributed by atoms with E-state index in [1.54, 1.807) is 12.1 Å². The Morgan fingerprint density at radius 2 is 2.04 bits per heavy atom. The Morgan fingerprint density at radius 1 is 1.29 bits per heavy atom. The molecule has 1 amide bonds. The zero-order valence-electron chi connectivity index (χ0n) is 15.5. The third kappa shape index (κ3) is 5.04. The van der Waals surface area contributed by atoms with Gasteiger partial charge in [-0.2, -0.15) is 0 Å². The Kier molecular flexibility index (Phi) is 6.57. The molecule has 3 rings (SSSR count). The van der Waals surface area contributed by atoms with Crippen LogP contribution in [0.3, 0.4) is 0 Å². The van der Waals surface area contributed by atoms with Gasteiger partial charge < -0.3 is 9.30 Å². The summed E-state index contributed by atoms with van der Waals surface area (Å²) in [6.45, 7) is 6.26. The zero-order chi connectivity index (χ0) is 20.1. The fraction of sp³-hybridized carbons (Fsp3) is 0.353. The van der Waals surface area contributed by atoms with Crippen molar-refractivity contribution in [1.82, 2.24) is 25.0 Å². The lowest BCUT2D eigenvalue weighted by Crippen LogP contribution is -2.15. The molecule has 2 aromatic heterocycles. The molecule has 0 aliphatic heterocycles. The Hall–Kier alpha value is -2.53. The van der Waals surface area contributed by atoms with E-state index in [4.69, 9.17) is 4.74 Å². The van der Waals surface area contributed by atoms with E-state index in [1.807, 2.05) is 25.3 Å². The molecule has 0 saturated carbocycles. The van der Waals surface area contributed by atoms with Crippen LogP contribution in [0.15, 0.2) is 29.4 Å². The topological polar surface area (TPSA) is 94.8 Å². The van der Waals surface area contributed by atoms with Gasteiger partial charge in [0, 0.05) is 6.54 Å². The summed E-state index contributed by atoms with van der Waals surface area (Å²) in [6, 6.07) is 5.80. The molecule has 1 N–H and O–H groups in total. The van der Waals surface area contributed by atoms with Gasteiger partial charge in [-0.15, -0.1) is 20.4 Å². The second-order valence-electron chi connectivity index (χ2n) is 5.76. The van der Waals surface area contributed by atoms with Crippen molar-refractivity contribution in [3.63, 3.8) is 0 Å². The van der Waals surface area contributed by atoms with E-state index in [1.165, 1.54) is 35.2 Å². The Morgan fingerprint density at radius 3 is 2.68 bits per heavy atom. The summed E-state index contributed by atoms with van der Waals surface area (Å²) in [4.78, 5) is 12.1. The van der Waals surface area contributed by atoms with Crippen LogP contribution in [0.5, 0.6) is 5.75 Å². The van der Waals surface area contributed by atoms with Crippen molar-refractivity contribution in [3.8, 4) is 5.75 Å². The molecule has 11 heteroatoms. The minimum Gasteiger partial charge on any atom is -0.483 e. The average molecular weight is 423 g/mol. The van der Waals surface area contributed by atoms with Gasteiger partial charge in [-0.05, 0) is 45.0 Å². The molecule has 1 atom stereocenters. The molecular formula is C17H19FN6O2S2. The second-order valence-corrected chi connectivity index (χ2v) is 7.89. The summed E-state index contributed by atoms with van der Waals surface area (Å²) in [5.74, 6) is 0.834. The third-order valence-electron chi connectivity index (χ3n) is 3.66. The maximum Gasteiger partial charge on any atom is 0.236 e. The molecule has 0 radical (unpaired) electrons. The van der Waals surface area contributed by atoms with Gasteiger partial charge >= 0.3 is 0 Å². The summed E-state index contributed by atoms with van der Waals surface area (Å²) >= 11 is 2.60. The van der Waals surface area contributed by atoms with Crippen molar-refractivity contribution in [2.24, 2.45) is 0 Å². The van der Waals surface area contributed by atoms with Crippen molar-refractivity contribution in [2.75, 3.05) is 11.1 Å². The summed E-state index contributed by atoms with van der Waals surface area (Å²) < 4.78 is 20.7. The minimum atomic E-state index is -0.384. The molecular weight excluding hydrogens is 403 g/mol. The predicted octanol–water partition coefficient (Wildman–Crippen LogP) is 3.47. The van der Waals surface area contributed by atoms with Gasteiger partial charge in [-0.25, -0.2) is 4.39 Å². The highest BCUT2D eigenvalue weighted by atomic mass is 32.2. The predicted molar refractivity (Wildman–Crippen MR) is 105 cm³/mol. The largest absolute Gasteiger partial charge is 0.483 e. The number of aryl methyl sites for hydroxylation is 1. The number of nitrogens with zero attached hydrogens (tertiary/aromatic N) is 5. The first-order valence-corrected chi connectivity index (χ1v) is 10.3. The second kappa shape index (κ2) is 9.11. The lowest BCUT2D eigenvalue weighted by molar-refractivity contribution is -0.113. The number of aromatic nitrogens is 5. The zero-order valence-corrected chi connectivity index (χ0v) is 17.2. The molecule has 0 spiro atoms. The Balaban J connectivity index is 1.62. The summed E-state index contributed by atoms with van der Waals surface area (Å²) in [6.07, 6.45) is -0.384. The summed E-state index contributed by atoms with van der Waals surface area (Å²) in [5, 5.41) is 20.7. The molecule has 148 valence electrons. The molecule has 1 aromatic carbocycles. The van der Waals surface area contributed by atoms with Crippen LogP contribution < -0.4 is 10.1 Å². The van der Waals surface area contributed by atoms with Gasteiger partial charge in [0.1, 0.15) is 16.6 Å². The lowest BCUT2D eigenvalue weighted by atomic mass is 10.3. The molecule has 3 aromatic rings. The van der Waals surface area contributed by atoms with E-state index in [2.05, 4.69) is 25.7 Å². The van der Waals surface area contributed by atoms with Crippen LogP contribution in [-0.2, 0) is 11.3 Å². The number of hydrogen-bond donors (Lipinski definition) is 1. The van der Waals surface area contributed by atoms with Crippen LogP contribution in [0.25, 0.3) is 0 Å². The molecule has 1 unspecified atom stereocenters. The normalized spacial score (nSPS) is 12.0. The van der Waals surface area contributed by atoms with Gasteiger partial charge in [0.05, 0.1) is 5.75 Å². The standard InChI is InChI=1S/C17H19FN6O2S2/c1-4-24-15(10(2)26-13-7-5-12(18)6-8-13)21-23-17(24)27-9-14(25)19-16-22-20-11(3)28-16/h5-8,10H,4,9H2,1-3H3,(H,19,22,25). The van der Waals surface area contributed by atoms with E-state index < -0.39 is 0 Å². The van der Waals surface area contributed by atoms with E-state index in [9.17, 15) is 9.18 Å². The van der Waals surface area contributed by atoms with E-state index in [-0.39, 0.29) is 23.6 Å². The summed E-state index contributed by atoms with van der Waals surface area (Å²) in [7, 11) is 0. The maximum atomic E-state index is 13.0. The highest BCUT2D eigenvalue weighted by Crippen LogP contribution is 2.25. The van der Waals surface area contributed by atoms with Gasteiger partial charge in [0.25, 0.3) is 0 Å². The van der Waals surface area contributed by atoms with Crippen molar-refractivity contribution in [2.45, 2.75) is 38.6 Å². The van der Waals surface area contributed by atoms with Crippen LogP contribution >= 0.6 is 23.1 Å². The van der Waals surface area contributed by atoms with Crippen LogP contribution in [0.2, 0.25) is 0 Å². The molecule has 0 fully saturated rings. The number of amides is 1. The smallest absolute Gasteiger partial charge is 0.236 e. The number of hydrogen-bond acceptors (Lipinski definition) is 8. The number of ether oxygens (including phenoxy) is 1. The van der Waals surface area contributed by atoms with Crippen molar-refractivity contribution >= 4 is 34.1 Å². The number of nitrogens with one attached hydrogen (secondary N) is 1. The molecule has 8 nitrogen and oxygen atoms in total. The molecule has 0 aliphatic rings. The third-order valence-corrected chi connectivity index (χ3v) is 5.38. The average Bonchev–Trinajstić information content (AvgIpc) is 3.27. The number of carbonyl (C=O) groups is 1. The molecule has 2 heterocycles. The van der Waals surface area contributed by atoms with E-state index in [0.29, 0.717) is 28.4 Å². The molecule has 0 saturated heterocycles. The Labute approximate surface area is 169 Å². The number of anilines is 1. The monoisotopic (exact) mass is 422 g/mol. The van der Waals surface area contributed by atoms with Gasteiger partial charge in [0.15, 0.2) is 17.1 Å². The minimum absolute atomic E-state index is 0.171. The summed E-state index contributed by atoms with van der Waals surface area (Å²) in [5.41, 5.74) is 0. The SMILES string of the molecule is CCn1c(SCC(=O)Nc2nnc(C)s2)nnc1C(C)Oc1ccc(F)cc1.